The van der Waals surface area contributed by atoms with Crippen molar-refractivity contribution in [3.8, 4) is 0 Å². The van der Waals surface area contributed by atoms with Crippen LogP contribution in [0.4, 0.5) is 0 Å². The van der Waals surface area contributed by atoms with Crippen molar-refractivity contribution in [3.05, 3.63) is 22.4 Å². The Morgan fingerprint density at radius 3 is 2.87 bits per heavy atom. The highest BCUT2D eigenvalue weighted by molar-refractivity contribution is 7.92. The fraction of sp³-hybridized carbons (Fsp3) is 0.600. The molecule has 0 bridgehead atoms. The van der Waals surface area contributed by atoms with Gasteiger partial charge in [-0.3, -0.25) is 0 Å². The van der Waals surface area contributed by atoms with Crippen molar-refractivity contribution >= 4 is 21.2 Å². The largest absolute Gasteiger partial charge is 0.387 e. The summed E-state index contributed by atoms with van der Waals surface area (Å²) < 4.78 is 23.5. The molecule has 1 aliphatic rings. The molecule has 1 N–H and O–H groups in total. The third-order valence-corrected chi connectivity index (χ3v) is 5.84. The Hall–Kier alpha value is -0.390. The van der Waals surface area contributed by atoms with Gasteiger partial charge >= 0.3 is 0 Å². The van der Waals surface area contributed by atoms with Gasteiger partial charge in [-0.15, -0.1) is 0 Å². The quantitative estimate of drug-likeness (QED) is 0.865. The van der Waals surface area contributed by atoms with Gasteiger partial charge in [-0.05, 0) is 35.2 Å². The monoisotopic (exact) mass is 246 g/mol. The van der Waals surface area contributed by atoms with Crippen molar-refractivity contribution < 1.29 is 13.5 Å². The molecule has 1 saturated heterocycles. The number of sulfone groups is 1. The van der Waals surface area contributed by atoms with E-state index in [1.807, 2.05) is 10.8 Å². The van der Waals surface area contributed by atoms with E-state index in [0.29, 0.717) is 6.42 Å². The van der Waals surface area contributed by atoms with Crippen LogP contribution in [-0.4, -0.2) is 24.5 Å². The molecule has 3 nitrogen and oxygen atoms in total. The van der Waals surface area contributed by atoms with Crippen LogP contribution in [-0.2, 0) is 9.84 Å². The number of rotatable bonds is 2. The van der Waals surface area contributed by atoms with Gasteiger partial charge in [0.2, 0.25) is 0 Å². The Bertz CT molecular complexity index is 408. The Balaban J connectivity index is 2.23. The molecule has 15 heavy (non-hydrogen) atoms. The van der Waals surface area contributed by atoms with E-state index in [9.17, 15) is 13.5 Å². The van der Waals surface area contributed by atoms with E-state index in [4.69, 9.17) is 0 Å². The van der Waals surface area contributed by atoms with Gasteiger partial charge in [0.15, 0.2) is 9.84 Å². The van der Waals surface area contributed by atoms with Crippen molar-refractivity contribution in [2.75, 3.05) is 5.75 Å². The molecular weight excluding hydrogens is 232 g/mol. The van der Waals surface area contributed by atoms with E-state index < -0.39 is 21.2 Å². The van der Waals surface area contributed by atoms with Crippen LogP contribution in [0.5, 0.6) is 0 Å². The molecule has 1 aromatic heterocycles. The second-order valence-corrected chi connectivity index (χ2v) is 7.02. The summed E-state index contributed by atoms with van der Waals surface area (Å²) in [6.45, 7) is 0. The zero-order chi connectivity index (χ0) is 10.9. The fourth-order valence-corrected chi connectivity index (χ4v) is 4.67. The fourth-order valence-electron chi connectivity index (χ4n) is 1.99. The Kier molecular flexibility index (Phi) is 3.13. The number of aliphatic hydroxyl groups excluding tert-OH is 1. The summed E-state index contributed by atoms with van der Waals surface area (Å²) in [7, 11) is -3.09. The average molecular weight is 246 g/mol. The molecule has 1 aliphatic heterocycles. The summed E-state index contributed by atoms with van der Waals surface area (Å²) in [5.74, 6) is 0.221. The topological polar surface area (TPSA) is 54.4 Å². The molecule has 0 spiro atoms. The zero-order valence-electron chi connectivity index (χ0n) is 8.30. The van der Waals surface area contributed by atoms with Crippen LogP contribution in [0.1, 0.15) is 30.9 Å². The van der Waals surface area contributed by atoms with Gasteiger partial charge in [-0.25, -0.2) is 8.42 Å². The smallest absolute Gasteiger partial charge is 0.156 e. The molecule has 0 amide bonds. The first-order valence-corrected chi connectivity index (χ1v) is 7.69. The SMILES string of the molecule is O=S1(=O)CCCCC1C(O)c1ccsc1. The molecule has 0 aliphatic carbocycles. The predicted molar refractivity (Wildman–Crippen MR) is 60.7 cm³/mol. The Labute approximate surface area is 93.7 Å². The van der Waals surface area contributed by atoms with Crippen LogP contribution in [0, 0.1) is 0 Å². The summed E-state index contributed by atoms with van der Waals surface area (Å²) in [6, 6.07) is 1.79. The molecule has 0 aromatic carbocycles. The third kappa shape index (κ3) is 2.24. The maximum absolute atomic E-state index is 11.8. The van der Waals surface area contributed by atoms with Crippen LogP contribution in [0.25, 0.3) is 0 Å². The van der Waals surface area contributed by atoms with Gasteiger partial charge in [0, 0.05) is 0 Å². The lowest BCUT2D eigenvalue weighted by atomic mass is 10.1. The van der Waals surface area contributed by atoms with Crippen molar-refractivity contribution in [1.29, 1.82) is 0 Å². The van der Waals surface area contributed by atoms with Crippen molar-refractivity contribution in [3.63, 3.8) is 0 Å². The van der Waals surface area contributed by atoms with Crippen molar-refractivity contribution in [2.45, 2.75) is 30.6 Å². The molecule has 2 rings (SSSR count). The summed E-state index contributed by atoms with van der Waals surface area (Å²) in [6.07, 6.45) is 1.36. The highest BCUT2D eigenvalue weighted by Gasteiger charge is 2.35. The number of thiophene rings is 1. The molecular formula is C10H14O3S2. The van der Waals surface area contributed by atoms with Gasteiger partial charge in [0.25, 0.3) is 0 Å². The van der Waals surface area contributed by atoms with E-state index in [2.05, 4.69) is 0 Å². The van der Waals surface area contributed by atoms with Crippen molar-refractivity contribution in [1.82, 2.24) is 0 Å². The lowest BCUT2D eigenvalue weighted by Gasteiger charge is -2.26. The molecule has 84 valence electrons. The first-order chi connectivity index (χ1) is 7.11. The van der Waals surface area contributed by atoms with Gasteiger partial charge in [0.1, 0.15) is 0 Å². The van der Waals surface area contributed by atoms with Gasteiger partial charge < -0.3 is 5.11 Å². The molecule has 0 radical (unpaired) electrons. The average Bonchev–Trinajstić information content (AvgIpc) is 2.69. The first kappa shape index (κ1) is 11.1. The van der Waals surface area contributed by atoms with E-state index >= 15 is 0 Å². The Morgan fingerprint density at radius 1 is 1.47 bits per heavy atom. The molecule has 0 saturated carbocycles. The summed E-state index contributed by atoms with van der Waals surface area (Å²) in [4.78, 5) is 0. The molecule has 1 aromatic rings. The molecule has 2 atom stereocenters. The Morgan fingerprint density at radius 2 is 2.27 bits per heavy atom. The van der Waals surface area contributed by atoms with Crippen LogP contribution >= 0.6 is 11.3 Å². The van der Waals surface area contributed by atoms with E-state index in [1.165, 1.54) is 11.3 Å². The van der Waals surface area contributed by atoms with E-state index in [-0.39, 0.29) is 5.75 Å². The van der Waals surface area contributed by atoms with Gasteiger partial charge in [-0.2, -0.15) is 11.3 Å². The summed E-state index contributed by atoms with van der Waals surface area (Å²) in [5, 5.41) is 13.1. The maximum Gasteiger partial charge on any atom is 0.156 e. The van der Waals surface area contributed by atoms with Crippen LogP contribution in [0.3, 0.4) is 0 Å². The van der Waals surface area contributed by atoms with Crippen LogP contribution in [0.2, 0.25) is 0 Å². The second-order valence-electron chi connectivity index (χ2n) is 3.90. The molecule has 2 unspecified atom stereocenters. The van der Waals surface area contributed by atoms with Gasteiger partial charge in [-0.1, -0.05) is 6.42 Å². The van der Waals surface area contributed by atoms with Gasteiger partial charge in [0.05, 0.1) is 17.1 Å². The minimum absolute atomic E-state index is 0.221. The lowest BCUT2D eigenvalue weighted by molar-refractivity contribution is 0.165. The molecule has 2 heterocycles. The lowest BCUT2D eigenvalue weighted by Crippen LogP contribution is -2.33. The van der Waals surface area contributed by atoms with Crippen molar-refractivity contribution in [2.24, 2.45) is 0 Å². The maximum atomic E-state index is 11.8. The van der Waals surface area contributed by atoms with Crippen LogP contribution in [0.15, 0.2) is 16.8 Å². The normalized spacial score (nSPS) is 27.4. The van der Waals surface area contributed by atoms with E-state index in [0.717, 1.165) is 18.4 Å². The summed E-state index contributed by atoms with van der Waals surface area (Å²) in [5.41, 5.74) is 0.732. The number of hydrogen-bond donors (Lipinski definition) is 1. The molecule has 5 heteroatoms. The van der Waals surface area contributed by atoms with Crippen LogP contribution < -0.4 is 0 Å². The molecule has 1 fully saturated rings. The first-order valence-electron chi connectivity index (χ1n) is 5.03. The zero-order valence-corrected chi connectivity index (χ0v) is 9.93. The third-order valence-electron chi connectivity index (χ3n) is 2.87. The standard InChI is InChI=1S/C10H14O3S2/c11-10(8-4-5-14-7-8)9-3-1-2-6-15(9,12)13/h4-5,7,9-11H,1-3,6H2. The highest BCUT2D eigenvalue weighted by Crippen LogP contribution is 2.31. The summed E-state index contributed by atoms with van der Waals surface area (Å²) >= 11 is 1.48. The number of hydrogen-bond acceptors (Lipinski definition) is 4. The minimum Gasteiger partial charge on any atom is -0.387 e. The minimum atomic E-state index is -3.09. The number of aliphatic hydroxyl groups is 1. The van der Waals surface area contributed by atoms with E-state index in [1.54, 1.807) is 6.07 Å². The predicted octanol–water partition coefficient (Wildman–Crippen LogP) is 1.75. The highest BCUT2D eigenvalue weighted by atomic mass is 32.2. The second kappa shape index (κ2) is 4.23.